The van der Waals surface area contributed by atoms with Crippen molar-refractivity contribution in [3.05, 3.63) is 63.6 Å². The van der Waals surface area contributed by atoms with Crippen LogP contribution in [0.2, 0.25) is 0 Å². The number of hydrogen-bond donors (Lipinski definition) is 2. The molecule has 1 saturated heterocycles. The highest BCUT2D eigenvalue weighted by atomic mass is 16.2. The molecule has 0 radical (unpaired) electrons. The van der Waals surface area contributed by atoms with Crippen LogP contribution >= 0.6 is 0 Å². The van der Waals surface area contributed by atoms with Gasteiger partial charge in [0.05, 0.1) is 10.9 Å². The SMILES string of the molecule is O=c1[nH]c2ccccc2c(=O)n1CCCCC1CN(c2ncccn2)CCN1. The third-order valence-corrected chi connectivity index (χ3v) is 5.16. The van der Waals surface area contributed by atoms with Crippen molar-refractivity contribution in [3.63, 3.8) is 0 Å². The Hall–Kier alpha value is -3.00. The normalized spacial score (nSPS) is 17.1. The molecule has 1 fully saturated rings. The standard InChI is InChI=1S/C20H24N6O2/c27-18-16-7-1-2-8-17(16)24-20(28)26(18)12-4-3-6-15-14-25(13-11-21-15)19-22-9-5-10-23-19/h1-2,5,7-10,15,21H,3-4,6,11-14H2,(H,24,28). The van der Waals surface area contributed by atoms with E-state index in [2.05, 4.69) is 25.2 Å². The molecule has 146 valence electrons. The predicted octanol–water partition coefficient (Wildman–Crippen LogP) is 1.13. The number of H-pyrrole nitrogens is 1. The van der Waals surface area contributed by atoms with Gasteiger partial charge in [-0.3, -0.25) is 9.36 Å². The van der Waals surface area contributed by atoms with Gasteiger partial charge in [0.2, 0.25) is 5.95 Å². The lowest BCUT2D eigenvalue weighted by Crippen LogP contribution is -2.51. The van der Waals surface area contributed by atoms with Crippen LogP contribution in [0.15, 0.2) is 52.3 Å². The molecule has 8 heteroatoms. The van der Waals surface area contributed by atoms with E-state index in [1.807, 2.05) is 18.2 Å². The van der Waals surface area contributed by atoms with Crippen molar-refractivity contribution in [2.75, 3.05) is 24.5 Å². The summed E-state index contributed by atoms with van der Waals surface area (Å²) in [4.78, 5) is 38.4. The average Bonchev–Trinajstić information content (AvgIpc) is 2.74. The number of benzene rings is 1. The van der Waals surface area contributed by atoms with E-state index in [1.165, 1.54) is 4.57 Å². The number of rotatable bonds is 6. The summed E-state index contributed by atoms with van der Waals surface area (Å²) in [6.45, 7) is 3.08. The van der Waals surface area contributed by atoms with Crippen LogP contribution < -0.4 is 21.5 Å². The van der Waals surface area contributed by atoms with E-state index in [1.54, 1.807) is 24.5 Å². The van der Waals surface area contributed by atoms with Crippen LogP contribution in [0.25, 0.3) is 10.9 Å². The summed E-state index contributed by atoms with van der Waals surface area (Å²) in [6.07, 6.45) is 6.21. The Labute approximate surface area is 162 Å². The van der Waals surface area contributed by atoms with Crippen molar-refractivity contribution in [1.29, 1.82) is 0 Å². The number of nitrogens with one attached hydrogen (secondary N) is 2. The number of para-hydroxylation sites is 1. The van der Waals surface area contributed by atoms with Crippen molar-refractivity contribution in [2.24, 2.45) is 0 Å². The van der Waals surface area contributed by atoms with Gasteiger partial charge in [-0.05, 0) is 31.0 Å². The summed E-state index contributed by atoms with van der Waals surface area (Å²) in [6, 6.07) is 9.28. The van der Waals surface area contributed by atoms with Gasteiger partial charge in [-0.15, -0.1) is 0 Å². The lowest BCUT2D eigenvalue weighted by Gasteiger charge is -2.33. The zero-order chi connectivity index (χ0) is 19.3. The van der Waals surface area contributed by atoms with Gasteiger partial charge in [-0.1, -0.05) is 18.6 Å². The van der Waals surface area contributed by atoms with Crippen LogP contribution in [0.3, 0.4) is 0 Å². The second-order valence-corrected chi connectivity index (χ2v) is 7.07. The van der Waals surface area contributed by atoms with Gasteiger partial charge in [0, 0.05) is 44.6 Å². The second-order valence-electron chi connectivity index (χ2n) is 7.07. The lowest BCUT2D eigenvalue weighted by atomic mass is 10.1. The van der Waals surface area contributed by atoms with Gasteiger partial charge >= 0.3 is 5.69 Å². The Balaban J connectivity index is 1.33. The van der Waals surface area contributed by atoms with E-state index in [0.717, 1.165) is 44.8 Å². The maximum atomic E-state index is 12.6. The summed E-state index contributed by atoms with van der Waals surface area (Å²) in [5.41, 5.74) is 0.0258. The fourth-order valence-electron chi connectivity index (χ4n) is 3.72. The molecule has 0 amide bonds. The molecule has 1 aliphatic heterocycles. The van der Waals surface area contributed by atoms with Crippen LogP contribution in [0, 0.1) is 0 Å². The minimum atomic E-state index is -0.341. The summed E-state index contributed by atoms with van der Waals surface area (Å²) in [5, 5.41) is 4.08. The Morgan fingerprint density at radius 1 is 1.07 bits per heavy atom. The Morgan fingerprint density at radius 2 is 1.89 bits per heavy atom. The summed E-state index contributed by atoms with van der Waals surface area (Å²) >= 11 is 0. The van der Waals surface area contributed by atoms with Gasteiger partial charge in [-0.25, -0.2) is 14.8 Å². The van der Waals surface area contributed by atoms with Crippen molar-refractivity contribution < 1.29 is 0 Å². The molecule has 1 atom stereocenters. The molecule has 4 rings (SSSR count). The molecule has 0 aliphatic carbocycles. The smallest absolute Gasteiger partial charge is 0.328 e. The Kier molecular flexibility index (Phi) is 5.48. The zero-order valence-electron chi connectivity index (χ0n) is 15.7. The lowest BCUT2D eigenvalue weighted by molar-refractivity contribution is 0.409. The molecular formula is C20H24N6O2. The number of piperazine rings is 1. The van der Waals surface area contributed by atoms with E-state index < -0.39 is 0 Å². The molecule has 3 aromatic rings. The Bertz CT molecular complexity index is 1050. The molecule has 1 unspecified atom stereocenters. The minimum absolute atomic E-state index is 0.220. The van der Waals surface area contributed by atoms with E-state index in [0.29, 0.717) is 23.5 Å². The largest absolute Gasteiger partial charge is 0.338 e. The zero-order valence-corrected chi connectivity index (χ0v) is 15.7. The maximum absolute atomic E-state index is 12.6. The number of aromatic amines is 1. The average molecular weight is 380 g/mol. The van der Waals surface area contributed by atoms with Crippen molar-refractivity contribution in [3.8, 4) is 0 Å². The minimum Gasteiger partial charge on any atom is -0.338 e. The topological polar surface area (TPSA) is 95.9 Å². The third-order valence-electron chi connectivity index (χ3n) is 5.16. The monoisotopic (exact) mass is 380 g/mol. The first-order valence-corrected chi connectivity index (χ1v) is 9.69. The van der Waals surface area contributed by atoms with E-state index in [9.17, 15) is 9.59 Å². The first-order valence-electron chi connectivity index (χ1n) is 9.69. The number of hydrogen-bond acceptors (Lipinski definition) is 6. The fraction of sp³-hybridized carbons (Fsp3) is 0.400. The highest BCUT2D eigenvalue weighted by Gasteiger charge is 2.20. The van der Waals surface area contributed by atoms with Gasteiger partial charge in [0.15, 0.2) is 0 Å². The second kappa shape index (κ2) is 8.35. The van der Waals surface area contributed by atoms with E-state index in [4.69, 9.17) is 0 Å². The molecule has 28 heavy (non-hydrogen) atoms. The number of nitrogens with zero attached hydrogens (tertiary/aromatic N) is 4. The Morgan fingerprint density at radius 3 is 2.75 bits per heavy atom. The van der Waals surface area contributed by atoms with Gasteiger partial charge in [0.25, 0.3) is 5.56 Å². The maximum Gasteiger partial charge on any atom is 0.328 e. The van der Waals surface area contributed by atoms with E-state index in [-0.39, 0.29) is 11.2 Å². The predicted molar refractivity (Wildman–Crippen MR) is 109 cm³/mol. The van der Waals surface area contributed by atoms with Crippen LogP contribution in [0.5, 0.6) is 0 Å². The molecule has 1 aliphatic rings. The van der Waals surface area contributed by atoms with Crippen LogP contribution in [0.4, 0.5) is 5.95 Å². The summed E-state index contributed by atoms with van der Waals surface area (Å²) in [5.74, 6) is 0.767. The molecule has 0 bridgehead atoms. The quantitative estimate of drug-likeness (QED) is 0.623. The number of fused-ring (bicyclic) bond motifs is 1. The van der Waals surface area contributed by atoms with E-state index >= 15 is 0 Å². The summed E-state index contributed by atoms with van der Waals surface area (Å²) < 4.78 is 1.31. The van der Waals surface area contributed by atoms with Crippen molar-refractivity contribution in [2.45, 2.75) is 31.8 Å². The van der Waals surface area contributed by atoms with Gasteiger partial charge in [0.1, 0.15) is 0 Å². The molecule has 3 heterocycles. The molecule has 2 aromatic heterocycles. The first kappa shape index (κ1) is 18.4. The molecule has 8 nitrogen and oxygen atoms in total. The number of unbranched alkanes of at least 4 members (excludes halogenated alkanes) is 1. The van der Waals surface area contributed by atoms with Crippen LogP contribution in [-0.2, 0) is 6.54 Å². The molecule has 0 spiro atoms. The molecular weight excluding hydrogens is 356 g/mol. The number of anilines is 1. The third kappa shape index (κ3) is 3.96. The first-order chi connectivity index (χ1) is 13.7. The van der Waals surface area contributed by atoms with Crippen LogP contribution in [-0.4, -0.2) is 45.2 Å². The molecule has 2 N–H and O–H groups in total. The van der Waals surface area contributed by atoms with Crippen LogP contribution in [0.1, 0.15) is 19.3 Å². The summed E-state index contributed by atoms with van der Waals surface area (Å²) in [7, 11) is 0. The molecule has 1 aromatic carbocycles. The van der Waals surface area contributed by atoms with Crippen molar-refractivity contribution >= 4 is 16.9 Å². The van der Waals surface area contributed by atoms with Crippen molar-refractivity contribution in [1.82, 2.24) is 24.8 Å². The highest BCUT2D eigenvalue weighted by Crippen LogP contribution is 2.12. The number of aromatic nitrogens is 4. The highest BCUT2D eigenvalue weighted by molar-refractivity contribution is 5.76. The fourth-order valence-corrected chi connectivity index (χ4v) is 3.72. The molecule has 0 saturated carbocycles. The van der Waals surface area contributed by atoms with Gasteiger partial charge in [-0.2, -0.15) is 0 Å². The van der Waals surface area contributed by atoms with Gasteiger partial charge < -0.3 is 15.2 Å².